The molecule has 4 nitrogen and oxygen atoms in total. The van der Waals surface area contributed by atoms with Crippen molar-refractivity contribution in [1.29, 1.82) is 0 Å². The Bertz CT molecular complexity index is 607. The van der Waals surface area contributed by atoms with Crippen LogP contribution < -0.4 is 4.74 Å². The van der Waals surface area contributed by atoms with Gasteiger partial charge in [-0.2, -0.15) is 0 Å². The van der Waals surface area contributed by atoms with Gasteiger partial charge >= 0.3 is 0 Å². The van der Waals surface area contributed by atoms with Crippen LogP contribution in [0.2, 0.25) is 0 Å². The second-order valence-electron chi connectivity index (χ2n) is 6.57. The zero-order valence-corrected chi connectivity index (χ0v) is 13.0. The van der Waals surface area contributed by atoms with E-state index in [1.165, 1.54) is 5.56 Å². The molecule has 22 heavy (non-hydrogen) atoms. The maximum Gasteiger partial charge on any atom is 0.163 e. The molecule has 0 saturated carbocycles. The number of phenolic OH excluding ortho intramolecular Hbond substituents is 1. The van der Waals surface area contributed by atoms with Gasteiger partial charge in [-0.3, -0.25) is 4.90 Å². The molecule has 4 heteroatoms. The van der Waals surface area contributed by atoms with E-state index in [9.17, 15) is 5.11 Å². The van der Waals surface area contributed by atoms with Crippen LogP contribution in [0.3, 0.4) is 0 Å². The molecular formula is C18H23NO3. The highest BCUT2D eigenvalue weighted by Gasteiger charge is 2.52. The Morgan fingerprint density at radius 3 is 2.77 bits per heavy atom. The topological polar surface area (TPSA) is 41.9 Å². The fourth-order valence-electron chi connectivity index (χ4n) is 4.29. The van der Waals surface area contributed by atoms with Crippen molar-refractivity contribution in [1.82, 2.24) is 4.90 Å². The summed E-state index contributed by atoms with van der Waals surface area (Å²) in [5.41, 5.74) is 2.15. The molecule has 1 saturated heterocycles. The van der Waals surface area contributed by atoms with Crippen LogP contribution in [-0.2, 0) is 10.2 Å². The third-order valence-corrected chi connectivity index (χ3v) is 5.39. The zero-order valence-electron chi connectivity index (χ0n) is 13.0. The third kappa shape index (κ3) is 1.97. The third-order valence-electron chi connectivity index (χ3n) is 5.39. The lowest BCUT2D eigenvalue weighted by atomic mass is 9.69. The van der Waals surface area contributed by atoms with E-state index in [-0.39, 0.29) is 11.6 Å². The van der Waals surface area contributed by atoms with Crippen LogP contribution in [0.5, 0.6) is 11.5 Å². The van der Waals surface area contributed by atoms with Gasteiger partial charge in [-0.1, -0.05) is 12.2 Å². The molecular weight excluding hydrogens is 278 g/mol. The molecule has 1 aliphatic carbocycles. The summed E-state index contributed by atoms with van der Waals surface area (Å²) in [6, 6.07) is 3.68. The van der Waals surface area contributed by atoms with Crippen molar-refractivity contribution in [2.75, 3.05) is 26.3 Å². The number of fused-ring (bicyclic) bond motifs is 2. The van der Waals surface area contributed by atoms with Crippen LogP contribution in [0.25, 0.3) is 0 Å². The maximum atomic E-state index is 10.2. The molecule has 1 N–H and O–H groups in total. The van der Waals surface area contributed by atoms with Gasteiger partial charge in [0.1, 0.15) is 11.5 Å². The number of hydrogen-bond acceptors (Lipinski definition) is 4. The van der Waals surface area contributed by atoms with Gasteiger partial charge in [-0.25, -0.2) is 0 Å². The highest BCUT2D eigenvalue weighted by atomic mass is 16.5. The van der Waals surface area contributed by atoms with E-state index < -0.39 is 0 Å². The highest BCUT2D eigenvalue weighted by Crippen LogP contribution is 2.53. The first-order chi connectivity index (χ1) is 10.7. The summed E-state index contributed by atoms with van der Waals surface area (Å²) >= 11 is 0. The summed E-state index contributed by atoms with van der Waals surface area (Å²) in [5.74, 6) is 1.32. The minimum atomic E-state index is -0.0375. The summed E-state index contributed by atoms with van der Waals surface area (Å²) < 4.78 is 11.9. The van der Waals surface area contributed by atoms with Crippen molar-refractivity contribution < 1.29 is 14.6 Å². The standard InChI is InChI=1S/C18H23NO3/c1-13-14(20)5-6-15-16(13)18(7-3-2-4-8-18)17(22-15)19-9-11-21-12-10-19/h2-3,5-6,17,20H,4,7-12H2,1H3. The molecule has 3 aliphatic rings. The van der Waals surface area contributed by atoms with E-state index in [1.54, 1.807) is 6.07 Å². The number of allylic oxidation sites excluding steroid dienone is 2. The van der Waals surface area contributed by atoms with E-state index in [4.69, 9.17) is 9.47 Å². The summed E-state index contributed by atoms with van der Waals surface area (Å²) in [4.78, 5) is 2.42. The average molecular weight is 301 g/mol. The molecule has 2 unspecified atom stereocenters. The lowest BCUT2D eigenvalue weighted by molar-refractivity contribution is -0.0699. The Hall–Kier alpha value is -1.52. The van der Waals surface area contributed by atoms with E-state index >= 15 is 0 Å². The monoisotopic (exact) mass is 301 g/mol. The zero-order chi connectivity index (χ0) is 15.2. The van der Waals surface area contributed by atoms with Crippen LogP contribution in [0.15, 0.2) is 24.3 Å². The van der Waals surface area contributed by atoms with Gasteiger partial charge in [0.2, 0.25) is 0 Å². The molecule has 1 spiro atoms. The van der Waals surface area contributed by atoms with Crippen LogP contribution in [-0.4, -0.2) is 42.5 Å². The van der Waals surface area contributed by atoms with Gasteiger partial charge in [0, 0.05) is 18.7 Å². The van der Waals surface area contributed by atoms with E-state index in [0.29, 0.717) is 5.75 Å². The number of benzene rings is 1. The first-order valence-corrected chi connectivity index (χ1v) is 8.19. The fourth-order valence-corrected chi connectivity index (χ4v) is 4.29. The van der Waals surface area contributed by atoms with Crippen LogP contribution in [0, 0.1) is 6.92 Å². The molecule has 1 aromatic rings. The molecule has 4 rings (SSSR count). The summed E-state index contributed by atoms with van der Waals surface area (Å²) in [7, 11) is 0. The fraction of sp³-hybridized carbons (Fsp3) is 0.556. The molecule has 2 heterocycles. The lowest BCUT2D eigenvalue weighted by Crippen LogP contribution is -2.54. The van der Waals surface area contributed by atoms with Crippen LogP contribution in [0.4, 0.5) is 0 Å². The highest BCUT2D eigenvalue weighted by molar-refractivity contribution is 5.55. The Balaban J connectivity index is 1.81. The Morgan fingerprint density at radius 2 is 2.05 bits per heavy atom. The Kier molecular flexibility index (Phi) is 3.39. The van der Waals surface area contributed by atoms with Gasteiger partial charge in [0.05, 0.1) is 18.6 Å². The molecule has 118 valence electrons. The lowest BCUT2D eigenvalue weighted by Gasteiger charge is -2.43. The molecule has 0 aromatic heterocycles. The Labute approximate surface area is 131 Å². The van der Waals surface area contributed by atoms with Gasteiger partial charge in [0.15, 0.2) is 6.23 Å². The molecule has 0 bridgehead atoms. The minimum absolute atomic E-state index is 0.0375. The first kappa shape index (κ1) is 14.1. The molecule has 1 fully saturated rings. The number of phenols is 1. The maximum absolute atomic E-state index is 10.2. The SMILES string of the molecule is Cc1c(O)ccc2c1C1(CC=CCC1)C(N1CCOCC1)O2. The molecule has 2 aliphatic heterocycles. The summed E-state index contributed by atoms with van der Waals surface area (Å²) in [6.45, 7) is 5.38. The number of ether oxygens (including phenoxy) is 2. The van der Waals surface area contributed by atoms with Gasteiger partial charge < -0.3 is 14.6 Å². The number of rotatable bonds is 1. The van der Waals surface area contributed by atoms with E-state index in [0.717, 1.165) is 56.9 Å². The van der Waals surface area contributed by atoms with Crippen LogP contribution in [0.1, 0.15) is 30.4 Å². The smallest absolute Gasteiger partial charge is 0.163 e. The van der Waals surface area contributed by atoms with E-state index in [2.05, 4.69) is 17.1 Å². The number of hydrogen-bond donors (Lipinski definition) is 1. The Morgan fingerprint density at radius 1 is 1.23 bits per heavy atom. The van der Waals surface area contributed by atoms with Gasteiger partial charge in [0.25, 0.3) is 0 Å². The van der Waals surface area contributed by atoms with Crippen molar-refractivity contribution in [3.63, 3.8) is 0 Å². The van der Waals surface area contributed by atoms with Crippen molar-refractivity contribution in [3.05, 3.63) is 35.4 Å². The molecule has 0 radical (unpaired) electrons. The van der Waals surface area contributed by atoms with Crippen molar-refractivity contribution in [2.45, 2.75) is 37.8 Å². The molecule has 1 aromatic carbocycles. The first-order valence-electron chi connectivity index (χ1n) is 8.19. The van der Waals surface area contributed by atoms with Crippen LogP contribution >= 0.6 is 0 Å². The van der Waals surface area contributed by atoms with Crippen molar-refractivity contribution in [2.24, 2.45) is 0 Å². The second-order valence-corrected chi connectivity index (χ2v) is 6.57. The summed E-state index contributed by atoms with van der Waals surface area (Å²) in [6.07, 6.45) is 7.71. The van der Waals surface area contributed by atoms with E-state index in [1.807, 2.05) is 13.0 Å². The average Bonchev–Trinajstić information content (AvgIpc) is 2.87. The normalized spacial score (nSPS) is 31.2. The van der Waals surface area contributed by atoms with Gasteiger partial charge in [-0.05, 0) is 43.9 Å². The van der Waals surface area contributed by atoms with Crippen molar-refractivity contribution in [3.8, 4) is 11.5 Å². The largest absolute Gasteiger partial charge is 0.508 e. The summed E-state index contributed by atoms with van der Waals surface area (Å²) in [5, 5.41) is 10.2. The minimum Gasteiger partial charge on any atom is -0.508 e. The molecule has 2 atom stereocenters. The van der Waals surface area contributed by atoms with Gasteiger partial charge in [-0.15, -0.1) is 0 Å². The number of aromatic hydroxyl groups is 1. The van der Waals surface area contributed by atoms with Crippen molar-refractivity contribution >= 4 is 0 Å². The quantitative estimate of drug-likeness (QED) is 0.810. The predicted molar refractivity (Wildman–Crippen MR) is 84.3 cm³/mol. The number of nitrogens with zero attached hydrogens (tertiary/aromatic N) is 1. The number of morpholine rings is 1. The second kappa shape index (κ2) is 5.28. The predicted octanol–water partition coefficient (Wildman–Crippen LogP) is 2.73. The molecule has 0 amide bonds.